The number of hydrogen-bond acceptors (Lipinski definition) is 4. The first kappa shape index (κ1) is 19.3. The van der Waals surface area contributed by atoms with Crippen LogP contribution in [0.15, 0.2) is 0 Å². The maximum Gasteiger partial charge on any atom is 0.409 e. The zero-order valence-corrected chi connectivity index (χ0v) is 14.5. The fourth-order valence-electron chi connectivity index (χ4n) is 2.56. The van der Waals surface area contributed by atoms with Crippen molar-refractivity contribution in [3.63, 3.8) is 0 Å². The van der Waals surface area contributed by atoms with Crippen LogP contribution in [0.1, 0.15) is 46.5 Å². The van der Waals surface area contributed by atoms with Gasteiger partial charge in [-0.25, -0.2) is 4.79 Å². The number of unbranched alkanes of at least 4 members (excludes halogenated alkanes) is 1. The number of carbonyl (C=O) groups is 3. The zero-order valence-electron chi connectivity index (χ0n) is 14.5. The fourth-order valence-corrected chi connectivity index (χ4v) is 2.56. The van der Waals surface area contributed by atoms with Crippen LogP contribution in [0.2, 0.25) is 0 Å². The molecule has 0 atom stereocenters. The van der Waals surface area contributed by atoms with Gasteiger partial charge in [0.05, 0.1) is 13.2 Å². The summed E-state index contributed by atoms with van der Waals surface area (Å²) in [6, 6.07) is 0.0492. The Morgan fingerprint density at radius 3 is 2.39 bits per heavy atom. The number of ether oxygens (including phenoxy) is 1. The number of likely N-dealkylation sites (tertiary alicyclic amines) is 1. The van der Waals surface area contributed by atoms with Crippen LogP contribution in [-0.2, 0) is 14.3 Å². The van der Waals surface area contributed by atoms with Crippen LogP contribution in [-0.4, -0.2) is 66.5 Å². The van der Waals surface area contributed by atoms with Crippen LogP contribution in [0, 0.1) is 0 Å². The van der Waals surface area contributed by atoms with Gasteiger partial charge in [-0.05, 0) is 26.2 Å². The molecule has 0 aliphatic carbocycles. The van der Waals surface area contributed by atoms with Crippen LogP contribution in [0.3, 0.4) is 0 Å². The highest BCUT2D eigenvalue weighted by Crippen LogP contribution is 2.11. The summed E-state index contributed by atoms with van der Waals surface area (Å²) in [5.41, 5.74) is 0. The molecule has 0 unspecified atom stereocenters. The molecule has 0 bridgehead atoms. The van der Waals surface area contributed by atoms with Gasteiger partial charge in [-0.1, -0.05) is 13.3 Å². The number of amides is 3. The molecule has 0 spiro atoms. The first-order valence-electron chi connectivity index (χ1n) is 8.44. The third-order valence-corrected chi connectivity index (χ3v) is 3.95. The zero-order chi connectivity index (χ0) is 17.2. The van der Waals surface area contributed by atoms with Gasteiger partial charge in [0, 0.05) is 32.6 Å². The van der Waals surface area contributed by atoms with E-state index in [-0.39, 0.29) is 30.5 Å². The lowest BCUT2D eigenvalue weighted by atomic mass is 10.1. The lowest BCUT2D eigenvalue weighted by Crippen LogP contribution is -2.49. The van der Waals surface area contributed by atoms with E-state index in [1.807, 2.05) is 0 Å². The highest BCUT2D eigenvalue weighted by molar-refractivity contribution is 5.83. The molecule has 0 aromatic carbocycles. The van der Waals surface area contributed by atoms with Gasteiger partial charge < -0.3 is 19.9 Å². The molecule has 7 heteroatoms. The quantitative estimate of drug-likeness (QED) is 0.766. The van der Waals surface area contributed by atoms with Crippen molar-refractivity contribution >= 4 is 17.9 Å². The minimum Gasteiger partial charge on any atom is -0.450 e. The Hall–Kier alpha value is -1.79. The van der Waals surface area contributed by atoms with Gasteiger partial charge in [-0.2, -0.15) is 0 Å². The van der Waals surface area contributed by atoms with Gasteiger partial charge in [0.1, 0.15) is 0 Å². The molecule has 0 radical (unpaired) electrons. The molecular weight excluding hydrogens is 298 g/mol. The average molecular weight is 327 g/mol. The largest absolute Gasteiger partial charge is 0.450 e. The summed E-state index contributed by atoms with van der Waals surface area (Å²) in [6.45, 7) is 7.56. The van der Waals surface area contributed by atoms with E-state index < -0.39 is 0 Å². The standard InChI is InChI=1S/C16H29N3O4/c1-4-6-9-19(13(3)20)12-15(21)17-14-7-10-18(11-8-14)16(22)23-5-2/h14H,4-12H2,1-3H3,(H,17,21). The minimum atomic E-state index is -0.292. The monoisotopic (exact) mass is 327 g/mol. The Morgan fingerprint density at radius 1 is 1.22 bits per heavy atom. The van der Waals surface area contributed by atoms with Gasteiger partial charge in [-0.15, -0.1) is 0 Å². The third-order valence-electron chi connectivity index (χ3n) is 3.95. The molecule has 1 rings (SSSR count). The van der Waals surface area contributed by atoms with E-state index >= 15 is 0 Å². The molecule has 1 aliphatic rings. The first-order chi connectivity index (χ1) is 11.0. The van der Waals surface area contributed by atoms with E-state index in [0.29, 0.717) is 39.1 Å². The van der Waals surface area contributed by atoms with E-state index in [0.717, 1.165) is 12.8 Å². The molecule has 1 heterocycles. The molecule has 1 saturated heterocycles. The summed E-state index contributed by atoms with van der Waals surface area (Å²) in [6.07, 6.45) is 3.00. The summed E-state index contributed by atoms with van der Waals surface area (Å²) in [7, 11) is 0. The molecular formula is C16H29N3O4. The second-order valence-corrected chi connectivity index (χ2v) is 5.82. The SMILES string of the molecule is CCCCN(CC(=O)NC1CCN(C(=O)OCC)CC1)C(C)=O. The summed E-state index contributed by atoms with van der Waals surface area (Å²) in [5.74, 6) is -0.211. The van der Waals surface area contributed by atoms with E-state index in [1.165, 1.54) is 6.92 Å². The first-order valence-corrected chi connectivity index (χ1v) is 8.44. The topological polar surface area (TPSA) is 79.0 Å². The maximum atomic E-state index is 12.1. The molecule has 7 nitrogen and oxygen atoms in total. The van der Waals surface area contributed by atoms with E-state index in [9.17, 15) is 14.4 Å². The van der Waals surface area contributed by atoms with Crippen molar-refractivity contribution in [2.45, 2.75) is 52.5 Å². The van der Waals surface area contributed by atoms with Crippen molar-refractivity contribution in [2.24, 2.45) is 0 Å². The Labute approximate surface area is 138 Å². The Kier molecular flexibility index (Phi) is 8.43. The molecule has 0 saturated carbocycles. The predicted octanol–water partition coefficient (Wildman–Crippen LogP) is 1.37. The molecule has 1 aliphatic heterocycles. The van der Waals surface area contributed by atoms with Crippen molar-refractivity contribution < 1.29 is 19.1 Å². The lowest BCUT2D eigenvalue weighted by Gasteiger charge is -2.32. The molecule has 0 aromatic rings. The van der Waals surface area contributed by atoms with Crippen molar-refractivity contribution in [2.75, 3.05) is 32.8 Å². The number of nitrogens with zero attached hydrogens (tertiary/aromatic N) is 2. The highest BCUT2D eigenvalue weighted by atomic mass is 16.6. The van der Waals surface area contributed by atoms with Crippen molar-refractivity contribution in [3.8, 4) is 0 Å². The van der Waals surface area contributed by atoms with Gasteiger partial charge in [0.2, 0.25) is 11.8 Å². The summed E-state index contributed by atoms with van der Waals surface area (Å²) < 4.78 is 4.97. The summed E-state index contributed by atoms with van der Waals surface area (Å²) >= 11 is 0. The van der Waals surface area contributed by atoms with Gasteiger partial charge >= 0.3 is 6.09 Å². The van der Waals surface area contributed by atoms with Crippen LogP contribution in [0.5, 0.6) is 0 Å². The number of nitrogens with one attached hydrogen (secondary N) is 1. The number of hydrogen-bond donors (Lipinski definition) is 1. The van der Waals surface area contributed by atoms with Gasteiger partial charge in [0.15, 0.2) is 0 Å². The van der Waals surface area contributed by atoms with Crippen molar-refractivity contribution in [1.82, 2.24) is 15.1 Å². The summed E-state index contributed by atoms with van der Waals surface area (Å²) in [5, 5.41) is 2.96. The lowest BCUT2D eigenvalue weighted by molar-refractivity contribution is -0.134. The molecule has 23 heavy (non-hydrogen) atoms. The Bertz CT molecular complexity index is 406. The van der Waals surface area contributed by atoms with E-state index in [2.05, 4.69) is 12.2 Å². The normalized spacial score (nSPS) is 15.2. The highest BCUT2D eigenvalue weighted by Gasteiger charge is 2.25. The number of piperidine rings is 1. The third kappa shape index (κ3) is 6.88. The number of carbonyl (C=O) groups excluding carboxylic acids is 3. The van der Waals surface area contributed by atoms with Gasteiger partial charge in [-0.3, -0.25) is 9.59 Å². The molecule has 1 N–H and O–H groups in total. The smallest absolute Gasteiger partial charge is 0.409 e. The van der Waals surface area contributed by atoms with Gasteiger partial charge in [0.25, 0.3) is 0 Å². The van der Waals surface area contributed by atoms with Crippen LogP contribution >= 0.6 is 0 Å². The Morgan fingerprint density at radius 2 is 1.87 bits per heavy atom. The van der Waals surface area contributed by atoms with E-state index in [1.54, 1.807) is 16.7 Å². The Balaban J connectivity index is 2.35. The second-order valence-electron chi connectivity index (χ2n) is 5.82. The minimum absolute atomic E-state index is 0.0492. The molecule has 1 fully saturated rings. The maximum absolute atomic E-state index is 12.1. The molecule has 3 amide bonds. The predicted molar refractivity (Wildman–Crippen MR) is 86.9 cm³/mol. The van der Waals surface area contributed by atoms with Crippen LogP contribution in [0.25, 0.3) is 0 Å². The van der Waals surface area contributed by atoms with Crippen LogP contribution < -0.4 is 5.32 Å². The van der Waals surface area contributed by atoms with E-state index in [4.69, 9.17) is 4.74 Å². The van der Waals surface area contributed by atoms with Crippen molar-refractivity contribution in [1.29, 1.82) is 0 Å². The molecule has 132 valence electrons. The number of rotatable bonds is 7. The molecule has 0 aromatic heterocycles. The average Bonchev–Trinajstić information content (AvgIpc) is 2.52. The van der Waals surface area contributed by atoms with Crippen molar-refractivity contribution in [3.05, 3.63) is 0 Å². The second kappa shape index (κ2) is 10.1. The van der Waals surface area contributed by atoms with Crippen LogP contribution in [0.4, 0.5) is 4.79 Å². The fraction of sp³-hybridized carbons (Fsp3) is 0.812. The summed E-state index contributed by atoms with van der Waals surface area (Å²) in [4.78, 5) is 38.5.